The normalized spacial score (nSPS) is 12.5. The molecule has 0 aliphatic rings. The van der Waals surface area contributed by atoms with Gasteiger partial charge in [0.15, 0.2) is 11.5 Å². The largest absolute Gasteiger partial charge is 0.508 e. The number of benzene rings is 2. The molecule has 0 unspecified atom stereocenters. The van der Waals surface area contributed by atoms with Gasteiger partial charge in [-0.25, -0.2) is 0 Å². The molecule has 3 heteroatoms. The maximum atomic E-state index is 10.9. The van der Waals surface area contributed by atoms with Gasteiger partial charge in [-0.15, -0.1) is 0 Å². The van der Waals surface area contributed by atoms with Gasteiger partial charge < -0.3 is 15.3 Å². The van der Waals surface area contributed by atoms with Crippen LogP contribution in [0.2, 0.25) is 0 Å². The second-order valence-corrected chi connectivity index (χ2v) is 9.40. The summed E-state index contributed by atoms with van der Waals surface area (Å²) in [6, 6.07) is 5.76. The summed E-state index contributed by atoms with van der Waals surface area (Å²) in [5, 5.41) is 31.9. The van der Waals surface area contributed by atoms with E-state index in [4.69, 9.17) is 0 Å². The highest BCUT2D eigenvalue weighted by Crippen LogP contribution is 2.45. The Balaban J connectivity index is 2.75. The molecule has 3 N–H and O–H groups in total. The summed E-state index contributed by atoms with van der Waals surface area (Å²) >= 11 is 0. The van der Waals surface area contributed by atoms with Gasteiger partial charge in [-0.3, -0.25) is 0 Å². The van der Waals surface area contributed by atoms with Crippen LogP contribution in [0.25, 0.3) is 0 Å². The fourth-order valence-electron chi connectivity index (χ4n) is 3.50. The van der Waals surface area contributed by atoms with Gasteiger partial charge in [0.2, 0.25) is 0 Å². The van der Waals surface area contributed by atoms with Gasteiger partial charge in [0, 0.05) is 23.1 Å². The Hall–Kier alpha value is -2.16. The molecule has 0 saturated carbocycles. The first-order valence-electron chi connectivity index (χ1n) is 9.11. The van der Waals surface area contributed by atoms with Crippen molar-refractivity contribution in [1.29, 1.82) is 0 Å². The lowest BCUT2D eigenvalue weighted by atomic mass is 9.76. The van der Waals surface area contributed by atoms with E-state index in [0.29, 0.717) is 12.0 Å². The van der Waals surface area contributed by atoms with Gasteiger partial charge in [0.25, 0.3) is 0 Å². The van der Waals surface area contributed by atoms with Crippen LogP contribution in [0.4, 0.5) is 0 Å². The molecular formula is C23H32O3. The molecule has 0 radical (unpaired) electrons. The molecule has 0 spiro atoms. The molecule has 0 bridgehead atoms. The van der Waals surface area contributed by atoms with Gasteiger partial charge in [-0.1, -0.05) is 53.7 Å². The Morgan fingerprint density at radius 2 is 1.23 bits per heavy atom. The molecule has 0 fully saturated rings. The molecule has 26 heavy (non-hydrogen) atoms. The van der Waals surface area contributed by atoms with E-state index < -0.39 is 0 Å². The van der Waals surface area contributed by atoms with E-state index in [9.17, 15) is 15.3 Å². The Kier molecular flexibility index (Phi) is 5.06. The van der Waals surface area contributed by atoms with Crippen molar-refractivity contribution in [2.75, 3.05) is 0 Å². The molecule has 0 aliphatic carbocycles. The minimum atomic E-state index is -0.290. The zero-order valence-electron chi connectivity index (χ0n) is 17.3. The van der Waals surface area contributed by atoms with Crippen LogP contribution in [-0.4, -0.2) is 15.3 Å². The zero-order valence-corrected chi connectivity index (χ0v) is 17.3. The average molecular weight is 357 g/mol. The lowest BCUT2D eigenvalue weighted by Crippen LogP contribution is -2.19. The molecule has 2 rings (SSSR count). The molecule has 0 heterocycles. The molecule has 2 aromatic rings. The Morgan fingerprint density at radius 3 is 1.69 bits per heavy atom. The van der Waals surface area contributed by atoms with Crippen molar-refractivity contribution in [2.45, 2.75) is 72.6 Å². The molecule has 2 aromatic carbocycles. The number of phenolic OH excluding ortho intramolecular Hbond substituents is 3. The Bertz CT molecular complexity index is 811. The van der Waals surface area contributed by atoms with Crippen LogP contribution in [-0.2, 0) is 17.3 Å². The average Bonchev–Trinajstić information content (AvgIpc) is 2.44. The molecule has 0 aromatic heterocycles. The number of hydrogen-bond donors (Lipinski definition) is 3. The summed E-state index contributed by atoms with van der Waals surface area (Å²) in [7, 11) is 0. The van der Waals surface area contributed by atoms with Gasteiger partial charge in [0.1, 0.15) is 5.75 Å². The number of aromatic hydroxyl groups is 3. The molecule has 0 aliphatic heterocycles. The minimum Gasteiger partial charge on any atom is -0.508 e. The zero-order chi connectivity index (χ0) is 20.0. The predicted octanol–water partition coefficient (Wildman–Crippen LogP) is 5.61. The third-order valence-electron chi connectivity index (χ3n) is 4.94. The van der Waals surface area contributed by atoms with E-state index in [2.05, 4.69) is 20.8 Å². The standard InChI is InChI=1S/C23H32O3/c1-13-9-14(2)15(19(24)10-13)11-16-17(22(3,4)5)12-18(23(6,7)8)21(26)20(16)25/h9-10,12,24-26H,11H2,1-8H3. The quantitative estimate of drug-likeness (QED) is 0.613. The van der Waals surface area contributed by atoms with E-state index in [1.807, 2.05) is 46.8 Å². The SMILES string of the molecule is Cc1cc(C)c(Cc2c(C(C)(C)C)cc(C(C)(C)C)c(O)c2O)c(O)c1. The fraction of sp³-hybridized carbons (Fsp3) is 0.478. The van der Waals surface area contributed by atoms with E-state index in [-0.39, 0.29) is 28.1 Å². The minimum absolute atomic E-state index is 0.0650. The lowest BCUT2D eigenvalue weighted by molar-refractivity contribution is 0.382. The highest BCUT2D eigenvalue weighted by molar-refractivity contribution is 5.60. The second kappa shape index (κ2) is 6.53. The van der Waals surface area contributed by atoms with Crippen LogP contribution < -0.4 is 0 Å². The summed E-state index contributed by atoms with van der Waals surface area (Å²) in [5.74, 6) is 0.0765. The molecule has 0 saturated heterocycles. The van der Waals surface area contributed by atoms with Gasteiger partial charge in [0.05, 0.1) is 0 Å². The third kappa shape index (κ3) is 3.82. The molecule has 0 atom stereocenters. The molecular weight excluding hydrogens is 324 g/mol. The number of aryl methyl sites for hydroxylation is 2. The Labute approximate surface area is 157 Å². The van der Waals surface area contributed by atoms with Gasteiger partial charge >= 0.3 is 0 Å². The van der Waals surface area contributed by atoms with E-state index >= 15 is 0 Å². The first-order valence-corrected chi connectivity index (χ1v) is 9.11. The van der Waals surface area contributed by atoms with Crippen molar-refractivity contribution in [3.63, 3.8) is 0 Å². The van der Waals surface area contributed by atoms with Crippen LogP contribution >= 0.6 is 0 Å². The maximum Gasteiger partial charge on any atom is 0.161 e. The van der Waals surface area contributed by atoms with Gasteiger partial charge in [-0.2, -0.15) is 0 Å². The van der Waals surface area contributed by atoms with Crippen molar-refractivity contribution in [3.05, 3.63) is 51.6 Å². The van der Waals surface area contributed by atoms with Crippen LogP contribution in [0.15, 0.2) is 18.2 Å². The topological polar surface area (TPSA) is 60.7 Å². The second-order valence-electron chi connectivity index (χ2n) is 9.40. The highest BCUT2D eigenvalue weighted by atomic mass is 16.3. The van der Waals surface area contributed by atoms with Crippen molar-refractivity contribution in [3.8, 4) is 17.2 Å². The lowest BCUT2D eigenvalue weighted by Gasteiger charge is -2.29. The highest BCUT2D eigenvalue weighted by Gasteiger charge is 2.29. The van der Waals surface area contributed by atoms with Gasteiger partial charge in [-0.05, 0) is 47.4 Å². The van der Waals surface area contributed by atoms with Crippen molar-refractivity contribution in [2.24, 2.45) is 0 Å². The first-order chi connectivity index (χ1) is 11.7. The monoisotopic (exact) mass is 356 g/mol. The smallest absolute Gasteiger partial charge is 0.161 e. The van der Waals surface area contributed by atoms with Crippen molar-refractivity contribution >= 4 is 0 Å². The van der Waals surface area contributed by atoms with Crippen molar-refractivity contribution < 1.29 is 15.3 Å². The number of rotatable bonds is 2. The van der Waals surface area contributed by atoms with Crippen LogP contribution in [0.3, 0.4) is 0 Å². The van der Waals surface area contributed by atoms with Crippen LogP contribution in [0.5, 0.6) is 17.2 Å². The van der Waals surface area contributed by atoms with Crippen molar-refractivity contribution in [1.82, 2.24) is 0 Å². The van der Waals surface area contributed by atoms with Crippen LogP contribution in [0, 0.1) is 13.8 Å². The summed E-state index contributed by atoms with van der Waals surface area (Å²) in [4.78, 5) is 0. The van der Waals surface area contributed by atoms with E-state index in [0.717, 1.165) is 27.8 Å². The summed E-state index contributed by atoms with van der Waals surface area (Å²) in [5.41, 5.74) is 4.63. The van der Waals surface area contributed by atoms with E-state index in [1.165, 1.54) is 0 Å². The fourth-order valence-corrected chi connectivity index (χ4v) is 3.50. The first kappa shape index (κ1) is 20.2. The molecule has 0 amide bonds. The number of hydrogen-bond acceptors (Lipinski definition) is 3. The summed E-state index contributed by atoms with van der Waals surface area (Å²) in [6.45, 7) is 16.2. The van der Waals surface area contributed by atoms with Crippen LogP contribution in [0.1, 0.15) is 74.9 Å². The predicted molar refractivity (Wildman–Crippen MR) is 108 cm³/mol. The molecule has 142 valence electrons. The summed E-state index contributed by atoms with van der Waals surface area (Å²) in [6.07, 6.45) is 0.369. The third-order valence-corrected chi connectivity index (χ3v) is 4.94. The molecule has 3 nitrogen and oxygen atoms in total. The Morgan fingerprint density at radius 1 is 0.692 bits per heavy atom. The maximum absolute atomic E-state index is 10.9. The summed E-state index contributed by atoms with van der Waals surface area (Å²) < 4.78 is 0. The number of phenols is 3. The van der Waals surface area contributed by atoms with E-state index in [1.54, 1.807) is 6.07 Å².